The van der Waals surface area contributed by atoms with Gasteiger partial charge >= 0.3 is 0 Å². The van der Waals surface area contributed by atoms with Crippen LogP contribution in [0, 0.1) is 6.92 Å². The van der Waals surface area contributed by atoms with Crippen LogP contribution in [0.5, 0.6) is 0 Å². The second-order valence-electron chi connectivity index (χ2n) is 4.92. The molecule has 0 spiro atoms. The van der Waals surface area contributed by atoms with Gasteiger partial charge in [0.25, 0.3) is 0 Å². The predicted octanol–water partition coefficient (Wildman–Crippen LogP) is 5.58. The van der Waals surface area contributed by atoms with Gasteiger partial charge in [0.1, 0.15) is 0 Å². The minimum atomic E-state index is 0.0678. The van der Waals surface area contributed by atoms with Crippen LogP contribution in [-0.4, -0.2) is 0 Å². The maximum Gasteiger partial charge on any atom is 0.0343 e. The molecule has 1 fully saturated rings. The van der Waals surface area contributed by atoms with Gasteiger partial charge in [-0.1, -0.05) is 64.6 Å². The first-order valence-electron chi connectivity index (χ1n) is 7.69. The van der Waals surface area contributed by atoms with E-state index in [0.29, 0.717) is 0 Å². The van der Waals surface area contributed by atoms with Crippen molar-refractivity contribution in [1.29, 1.82) is 0 Å². The molecule has 0 aliphatic heterocycles. The van der Waals surface area contributed by atoms with E-state index in [1.54, 1.807) is 0 Å². The highest BCUT2D eigenvalue weighted by Gasteiger charge is 2.45. The number of hydrogen-bond acceptors (Lipinski definition) is 1. The van der Waals surface area contributed by atoms with Gasteiger partial charge in [-0.2, -0.15) is 0 Å². The van der Waals surface area contributed by atoms with Crippen molar-refractivity contribution in [1.82, 2.24) is 0 Å². The quantitative estimate of drug-likeness (QED) is 0.764. The Morgan fingerprint density at radius 2 is 1.60 bits per heavy atom. The van der Waals surface area contributed by atoms with Crippen molar-refractivity contribution >= 4 is 5.57 Å². The van der Waals surface area contributed by atoms with Crippen LogP contribution in [0.2, 0.25) is 0 Å². The summed E-state index contributed by atoms with van der Waals surface area (Å²) in [6, 6.07) is 6.55. The van der Waals surface area contributed by atoms with Crippen LogP contribution in [0.15, 0.2) is 37.1 Å². The number of nitrogens with two attached hydrogens (primary N) is 1. The van der Waals surface area contributed by atoms with E-state index in [1.807, 2.05) is 34.6 Å². The smallest absolute Gasteiger partial charge is 0.0343 e. The van der Waals surface area contributed by atoms with Gasteiger partial charge in [0.2, 0.25) is 0 Å². The first kappa shape index (κ1) is 18.5. The Kier molecular flexibility index (Phi) is 7.34. The Labute approximate surface area is 125 Å². The molecule has 20 heavy (non-hydrogen) atoms. The van der Waals surface area contributed by atoms with Crippen LogP contribution in [0.25, 0.3) is 5.57 Å². The van der Waals surface area contributed by atoms with Crippen LogP contribution < -0.4 is 5.73 Å². The third-order valence-electron chi connectivity index (χ3n) is 3.60. The fourth-order valence-corrected chi connectivity index (χ4v) is 2.36. The Balaban J connectivity index is 0.000000829. The zero-order valence-electron chi connectivity index (χ0n) is 14.1. The summed E-state index contributed by atoms with van der Waals surface area (Å²) in [4.78, 5) is 0. The molecule has 1 aliphatic rings. The summed E-state index contributed by atoms with van der Waals surface area (Å²) in [7, 11) is 0. The molecule has 0 heterocycles. The fourth-order valence-electron chi connectivity index (χ4n) is 2.36. The van der Waals surface area contributed by atoms with Crippen molar-refractivity contribution in [2.24, 2.45) is 5.73 Å². The molecule has 0 atom stereocenters. The van der Waals surface area contributed by atoms with Gasteiger partial charge in [-0.3, -0.25) is 0 Å². The maximum atomic E-state index is 5.90. The lowest BCUT2D eigenvalue weighted by Crippen LogP contribution is -2.16. The van der Waals surface area contributed by atoms with Crippen LogP contribution in [-0.2, 0) is 5.41 Å². The Bertz CT molecular complexity index is 465. The van der Waals surface area contributed by atoms with Gasteiger partial charge in [-0.05, 0) is 43.4 Å². The van der Waals surface area contributed by atoms with Crippen molar-refractivity contribution in [3.8, 4) is 0 Å². The Hall–Kier alpha value is -1.50. The monoisotopic (exact) mass is 273 g/mol. The number of benzene rings is 1. The second-order valence-corrected chi connectivity index (χ2v) is 4.92. The lowest BCUT2D eigenvalue weighted by molar-refractivity contribution is 0.809. The molecule has 2 rings (SSSR count). The van der Waals surface area contributed by atoms with Crippen molar-refractivity contribution < 1.29 is 0 Å². The zero-order valence-corrected chi connectivity index (χ0v) is 14.1. The van der Waals surface area contributed by atoms with Crippen LogP contribution in [0.4, 0.5) is 0 Å². The SMILES string of the molecule is C=C(C)c1ccc(C2(C(=C)N)CC2)cc1C.CC.CC. The molecule has 1 aromatic rings. The lowest BCUT2D eigenvalue weighted by atomic mass is 9.89. The molecule has 1 nitrogen and oxygen atoms in total. The summed E-state index contributed by atoms with van der Waals surface area (Å²) in [5.74, 6) is 0. The van der Waals surface area contributed by atoms with E-state index in [4.69, 9.17) is 5.73 Å². The maximum absolute atomic E-state index is 5.90. The summed E-state index contributed by atoms with van der Waals surface area (Å²) in [5.41, 5.74) is 11.7. The summed E-state index contributed by atoms with van der Waals surface area (Å²) in [5, 5.41) is 0. The second kappa shape index (κ2) is 7.94. The van der Waals surface area contributed by atoms with E-state index in [0.717, 1.165) is 24.1 Å². The highest BCUT2D eigenvalue weighted by atomic mass is 14.7. The standard InChI is InChI=1S/C15H19N.2C2H6/c1-10(2)14-6-5-13(9-11(14)3)15(7-8-15)12(4)16;2*1-2/h5-6,9H,1,4,7-8,16H2,2-3H3;2*1-2H3. The Morgan fingerprint density at radius 1 is 1.10 bits per heavy atom. The highest BCUT2D eigenvalue weighted by molar-refractivity contribution is 5.65. The molecule has 112 valence electrons. The average Bonchev–Trinajstić information content (AvgIpc) is 3.24. The summed E-state index contributed by atoms with van der Waals surface area (Å²) in [6.45, 7) is 20.1. The first-order chi connectivity index (χ1) is 9.47. The van der Waals surface area contributed by atoms with E-state index >= 15 is 0 Å². The molecule has 0 amide bonds. The van der Waals surface area contributed by atoms with E-state index < -0.39 is 0 Å². The molecule has 0 unspecified atom stereocenters. The number of aryl methyl sites for hydroxylation is 1. The first-order valence-corrected chi connectivity index (χ1v) is 7.69. The third kappa shape index (κ3) is 3.75. The van der Waals surface area contributed by atoms with Gasteiger partial charge in [0.05, 0.1) is 0 Å². The van der Waals surface area contributed by atoms with Crippen molar-refractivity contribution in [3.05, 3.63) is 53.7 Å². The van der Waals surface area contributed by atoms with E-state index in [1.165, 1.54) is 16.7 Å². The average molecular weight is 273 g/mol. The van der Waals surface area contributed by atoms with Crippen molar-refractivity contribution in [2.75, 3.05) is 0 Å². The van der Waals surface area contributed by atoms with E-state index in [9.17, 15) is 0 Å². The zero-order chi connectivity index (χ0) is 15.9. The molecule has 0 radical (unpaired) electrons. The van der Waals surface area contributed by atoms with Gasteiger partial charge in [0.15, 0.2) is 0 Å². The third-order valence-corrected chi connectivity index (χ3v) is 3.60. The molecule has 1 heteroatoms. The predicted molar refractivity (Wildman–Crippen MR) is 92.8 cm³/mol. The molecule has 0 aromatic heterocycles. The molecule has 1 saturated carbocycles. The molecule has 0 bridgehead atoms. The summed E-state index contributed by atoms with van der Waals surface area (Å²) < 4.78 is 0. The number of rotatable bonds is 3. The Morgan fingerprint density at radius 3 is 1.90 bits per heavy atom. The number of hydrogen-bond donors (Lipinski definition) is 1. The van der Waals surface area contributed by atoms with Gasteiger partial charge in [-0.15, -0.1) is 0 Å². The van der Waals surface area contributed by atoms with Gasteiger partial charge in [-0.25, -0.2) is 0 Å². The van der Waals surface area contributed by atoms with Crippen LogP contribution >= 0.6 is 0 Å². The molecular weight excluding hydrogens is 242 g/mol. The highest BCUT2D eigenvalue weighted by Crippen LogP contribution is 2.51. The molecule has 1 aromatic carbocycles. The molecular formula is C19H31N. The molecule has 1 aliphatic carbocycles. The van der Waals surface area contributed by atoms with Crippen LogP contribution in [0.3, 0.4) is 0 Å². The minimum Gasteiger partial charge on any atom is -0.402 e. The topological polar surface area (TPSA) is 26.0 Å². The summed E-state index contributed by atoms with van der Waals surface area (Å²) >= 11 is 0. The molecule has 2 N–H and O–H groups in total. The number of allylic oxidation sites excluding steroid dienone is 2. The summed E-state index contributed by atoms with van der Waals surface area (Å²) in [6.07, 6.45) is 2.27. The van der Waals surface area contributed by atoms with Crippen molar-refractivity contribution in [2.45, 2.75) is 59.8 Å². The van der Waals surface area contributed by atoms with Gasteiger partial charge < -0.3 is 5.73 Å². The van der Waals surface area contributed by atoms with Gasteiger partial charge in [0, 0.05) is 11.1 Å². The fraction of sp³-hybridized carbons (Fsp3) is 0.474. The van der Waals surface area contributed by atoms with Crippen molar-refractivity contribution in [3.63, 3.8) is 0 Å². The lowest BCUT2D eigenvalue weighted by Gasteiger charge is -2.17. The van der Waals surface area contributed by atoms with Crippen LogP contribution in [0.1, 0.15) is 64.2 Å². The normalized spacial score (nSPS) is 14.1. The largest absolute Gasteiger partial charge is 0.402 e. The molecule has 0 saturated heterocycles. The van der Waals surface area contributed by atoms with E-state index in [2.05, 4.69) is 38.3 Å². The minimum absolute atomic E-state index is 0.0678. The van der Waals surface area contributed by atoms with E-state index in [-0.39, 0.29) is 5.41 Å².